The molecule has 2 rings (SSSR count). The standard InChI is InChI=1S/C13H13Cl2N3O/c1-8(2)13-17-11(15)5-12(19)18(13)7-9-3-4-16-6-10(9)14/h3-6,8H,7H2,1-2H3. The zero-order chi connectivity index (χ0) is 14.0. The maximum absolute atomic E-state index is 12.1. The topological polar surface area (TPSA) is 47.8 Å². The average Bonchev–Trinajstić information content (AvgIpc) is 2.34. The van der Waals surface area contributed by atoms with E-state index in [2.05, 4.69) is 9.97 Å². The Hall–Kier alpha value is -1.39. The summed E-state index contributed by atoms with van der Waals surface area (Å²) in [4.78, 5) is 20.2. The van der Waals surface area contributed by atoms with Gasteiger partial charge in [0.1, 0.15) is 11.0 Å². The largest absolute Gasteiger partial charge is 0.292 e. The van der Waals surface area contributed by atoms with Gasteiger partial charge >= 0.3 is 0 Å². The number of pyridine rings is 1. The van der Waals surface area contributed by atoms with Crippen molar-refractivity contribution in [2.75, 3.05) is 0 Å². The van der Waals surface area contributed by atoms with Gasteiger partial charge in [0.2, 0.25) is 0 Å². The van der Waals surface area contributed by atoms with E-state index in [1.807, 2.05) is 13.8 Å². The van der Waals surface area contributed by atoms with Crippen LogP contribution in [0.15, 0.2) is 29.3 Å². The molecule has 2 aromatic rings. The van der Waals surface area contributed by atoms with E-state index in [1.165, 1.54) is 6.07 Å². The van der Waals surface area contributed by atoms with Crippen molar-refractivity contribution in [3.05, 3.63) is 56.4 Å². The van der Waals surface area contributed by atoms with Crippen LogP contribution in [-0.4, -0.2) is 14.5 Å². The molecule has 0 aliphatic carbocycles. The Kier molecular flexibility index (Phi) is 4.22. The van der Waals surface area contributed by atoms with E-state index in [-0.39, 0.29) is 16.6 Å². The molecule has 100 valence electrons. The lowest BCUT2D eigenvalue weighted by Crippen LogP contribution is -2.26. The number of aromatic nitrogens is 3. The van der Waals surface area contributed by atoms with Crippen LogP contribution in [0.4, 0.5) is 0 Å². The molecule has 0 fully saturated rings. The smallest absolute Gasteiger partial charge is 0.255 e. The van der Waals surface area contributed by atoms with Crippen LogP contribution in [0.5, 0.6) is 0 Å². The first-order valence-corrected chi connectivity index (χ1v) is 6.60. The Bertz CT molecular complexity index is 653. The molecule has 4 nitrogen and oxygen atoms in total. The maximum Gasteiger partial charge on any atom is 0.255 e. The molecular weight excluding hydrogens is 285 g/mol. The summed E-state index contributed by atoms with van der Waals surface area (Å²) < 4.78 is 1.58. The quantitative estimate of drug-likeness (QED) is 0.818. The normalized spacial score (nSPS) is 11.0. The van der Waals surface area contributed by atoms with Gasteiger partial charge in [0.15, 0.2) is 0 Å². The molecule has 0 unspecified atom stereocenters. The van der Waals surface area contributed by atoms with Gasteiger partial charge in [-0.25, -0.2) is 4.98 Å². The van der Waals surface area contributed by atoms with Crippen LogP contribution < -0.4 is 5.56 Å². The van der Waals surface area contributed by atoms with Gasteiger partial charge in [0.05, 0.1) is 11.6 Å². The van der Waals surface area contributed by atoms with Crippen LogP contribution in [0.1, 0.15) is 31.2 Å². The first-order valence-electron chi connectivity index (χ1n) is 5.84. The second-order valence-electron chi connectivity index (χ2n) is 4.48. The first-order chi connectivity index (χ1) is 8.99. The van der Waals surface area contributed by atoms with Crippen molar-refractivity contribution < 1.29 is 0 Å². The van der Waals surface area contributed by atoms with E-state index < -0.39 is 0 Å². The van der Waals surface area contributed by atoms with E-state index in [0.29, 0.717) is 17.4 Å². The lowest BCUT2D eigenvalue weighted by atomic mass is 10.2. The Morgan fingerprint density at radius 1 is 1.37 bits per heavy atom. The van der Waals surface area contributed by atoms with E-state index in [4.69, 9.17) is 23.2 Å². The predicted octanol–water partition coefficient (Wildman–Crippen LogP) is 3.12. The predicted molar refractivity (Wildman–Crippen MR) is 75.9 cm³/mol. The summed E-state index contributed by atoms with van der Waals surface area (Å²) in [5.41, 5.74) is 0.640. The number of hydrogen-bond donors (Lipinski definition) is 0. The summed E-state index contributed by atoms with van der Waals surface area (Å²) in [6, 6.07) is 3.09. The second-order valence-corrected chi connectivity index (χ2v) is 5.28. The number of hydrogen-bond acceptors (Lipinski definition) is 3. The molecule has 0 spiro atoms. The highest BCUT2D eigenvalue weighted by atomic mass is 35.5. The fourth-order valence-corrected chi connectivity index (χ4v) is 2.16. The average molecular weight is 298 g/mol. The molecular formula is C13H13Cl2N3O. The minimum Gasteiger partial charge on any atom is -0.292 e. The fourth-order valence-electron chi connectivity index (χ4n) is 1.80. The van der Waals surface area contributed by atoms with Crippen molar-refractivity contribution in [3.8, 4) is 0 Å². The van der Waals surface area contributed by atoms with Crippen molar-refractivity contribution >= 4 is 23.2 Å². The number of rotatable bonds is 3. The summed E-state index contributed by atoms with van der Waals surface area (Å²) >= 11 is 11.9. The van der Waals surface area contributed by atoms with Crippen molar-refractivity contribution in [2.45, 2.75) is 26.3 Å². The first kappa shape index (κ1) is 14.0. The van der Waals surface area contributed by atoms with Crippen LogP contribution >= 0.6 is 23.2 Å². The zero-order valence-corrected chi connectivity index (χ0v) is 12.1. The molecule has 0 atom stereocenters. The van der Waals surface area contributed by atoms with Gasteiger partial charge in [-0.15, -0.1) is 0 Å². The van der Waals surface area contributed by atoms with E-state index in [1.54, 1.807) is 23.0 Å². The molecule has 6 heteroatoms. The van der Waals surface area contributed by atoms with Crippen LogP contribution in [0.3, 0.4) is 0 Å². The van der Waals surface area contributed by atoms with Crippen molar-refractivity contribution in [2.24, 2.45) is 0 Å². The molecule has 0 saturated heterocycles. The van der Waals surface area contributed by atoms with Gasteiger partial charge in [-0.3, -0.25) is 14.3 Å². The molecule has 0 saturated carbocycles. The highest BCUT2D eigenvalue weighted by Crippen LogP contribution is 2.18. The van der Waals surface area contributed by atoms with E-state index in [0.717, 1.165) is 5.56 Å². The summed E-state index contributed by atoms with van der Waals surface area (Å²) in [6.07, 6.45) is 3.20. The second kappa shape index (κ2) is 5.72. The Labute approximate surface area is 121 Å². The lowest BCUT2D eigenvalue weighted by molar-refractivity contribution is 0.624. The van der Waals surface area contributed by atoms with Crippen LogP contribution in [-0.2, 0) is 6.54 Å². The Balaban J connectivity index is 2.51. The summed E-state index contributed by atoms with van der Waals surface area (Å²) in [7, 11) is 0. The van der Waals surface area contributed by atoms with Crippen molar-refractivity contribution in [3.63, 3.8) is 0 Å². The van der Waals surface area contributed by atoms with Gasteiger partial charge in [-0.05, 0) is 11.6 Å². The number of halogens is 2. The van der Waals surface area contributed by atoms with Crippen LogP contribution in [0.25, 0.3) is 0 Å². The molecule has 0 bridgehead atoms. The molecule has 19 heavy (non-hydrogen) atoms. The minimum absolute atomic E-state index is 0.0898. The van der Waals surface area contributed by atoms with Gasteiger partial charge in [0.25, 0.3) is 5.56 Å². The fraction of sp³-hybridized carbons (Fsp3) is 0.308. The van der Waals surface area contributed by atoms with Gasteiger partial charge in [-0.1, -0.05) is 37.0 Å². The highest BCUT2D eigenvalue weighted by molar-refractivity contribution is 6.31. The highest BCUT2D eigenvalue weighted by Gasteiger charge is 2.13. The molecule has 0 aliphatic rings. The summed E-state index contributed by atoms with van der Waals surface area (Å²) in [6.45, 7) is 4.28. The molecule has 2 heterocycles. The number of nitrogens with zero attached hydrogens (tertiary/aromatic N) is 3. The van der Waals surface area contributed by atoms with E-state index in [9.17, 15) is 4.79 Å². The maximum atomic E-state index is 12.1. The third-order valence-electron chi connectivity index (χ3n) is 2.71. The van der Waals surface area contributed by atoms with Crippen molar-refractivity contribution in [1.82, 2.24) is 14.5 Å². The third-order valence-corrected chi connectivity index (χ3v) is 3.24. The monoisotopic (exact) mass is 297 g/mol. The summed E-state index contributed by atoms with van der Waals surface area (Å²) in [5, 5.41) is 0.741. The van der Waals surface area contributed by atoms with Crippen LogP contribution in [0, 0.1) is 0 Å². The Morgan fingerprint density at radius 3 is 2.74 bits per heavy atom. The van der Waals surface area contributed by atoms with Gasteiger partial charge in [-0.2, -0.15) is 0 Å². The van der Waals surface area contributed by atoms with Gasteiger partial charge < -0.3 is 0 Å². The Morgan fingerprint density at radius 2 is 2.11 bits per heavy atom. The van der Waals surface area contributed by atoms with Gasteiger partial charge in [0, 0.05) is 24.4 Å². The molecule has 0 N–H and O–H groups in total. The SMILES string of the molecule is CC(C)c1nc(Cl)cc(=O)n1Cc1ccncc1Cl. The summed E-state index contributed by atoms with van der Waals surface area (Å²) in [5.74, 6) is 0.734. The molecule has 2 aromatic heterocycles. The molecule has 0 aromatic carbocycles. The third kappa shape index (κ3) is 3.14. The van der Waals surface area contributed by atoms with Crippen LogP contribution in [0.2, 0.25) is 10.2 Å². The van der Waals surface area contributed by atoms with E-state index >= 15 is 0 Å². The minimum atomic E-state index is -0.184. The molecule has 0 radical (unpaired) electrons. The molecule has 0 amide bonds. The molecule has 0 aliphatic heterocycles. The van der Waals surface area contributed by atoms with Crippen molar-refractivity contribution in [1.29, 1.82) is 0 Å². The lowest BCUT2D eigenvalue weighted by Gasteiger charge is -2.15. The zero-order valence-electron chi connectivity index (χ0n) is 10.6.